The highest BCUT2D eigenvalue weighted by atomic mass is 32.2. The van der Waals surface area contributed by atoms with Crippen molar-refractivity contribution < 1.29 is 27.4 Å². The summed E-state index contributed by atoms with van der Waals surface area (Å²) in [6.07, 6.45) is 0.815. The van der Waals surface area contributed by atoms with Gasteiger partial charge in [-0.3, -0.25) is 4.79 Å². The van der Waals surface area contributed by atoms with Crippen LogP contribution in [0.25, 0.3) is 0 Å². The molecule has 6 nitrogen and oxygen atoms in total. The van der Waals surface area contributed by atoms with E-state index in [-0.39, 0.29) is 17.9 Å². The molecule has 1 rings (SSSR count). The molecule has 0 fully saturated rings. The Morgan fingerprint density at radius 3 is 2.47 bits per heavy atom. The Bertz CT molecular complexity index is 599. The van der Waals surface area contributed by atoms with Crippen LogP contribution in [0.5, 0.6) is 5.75 Å². The van der Waals surface area contributed by atoms with E-state index in [0.717, 1.165) is 12.3 Å². The first-order chi connectivity index (χ1) is 8.73. The largest absolute Gasteiger partial charge is 0.495 e. The van der Waals surface area contributed by atoms with Gasteiger partial charge in [0.1, 0.15) is 16.5 Å². The Morgan fingerprint density at radius 2 is 2.11 bits per heavy atom. The number of carboxylic acids is 1. The second-order valence-electron chi connectivity index (χ2n) is 3.90. The van der Waals surface area contributed by atoms with Crippen LogP contribution in [0.3, 0.4) is 0 Å². The first-order valence-corrected chi connectivity index (χ1v) is 7.12. The molecule has 0 aromatic heterocycles. The average Bonchev–Trinajstić information content (AvgIpc) is 2.29. The SMILES string of the molecule is COc1ccc(C(CN)C(=O)O)c(F)c1S(C)(=O)=O. The van der Waals surface area contributed by atoms with Crippen molar-refractivity contribution in [2.24, 2.45) is 5.73 Å². The number of hydrogen-bond donors (Lipinski definition) is 2. The van der Waals surface area contributed by atoms with Crippen LogP contribution in [0.2, 0.25) is 0 Å². The summed E-state index contributed by atoms with van der Waals surface area (Å²) in [5.41, 5.74) is 4.99. The first-order valence-electron chi connectivity index (χ1n) is 5.23. The number of aliphatic carboxylic acids is 1. The topological polar surface area (TPSA) is 107 Å². The van der Waals surface area contributed by atoms with Gasteiger partial charge in [0.15, 0.2) is 9.84 Å². The summed E-state index contributed by atoms with van der Waals surface area (Å²) in [5, 5.41) is 8.94. The zero-order valence-corrected chi connectivity index (χ0v) is 11.2. The molecular weight excluding hydrogens is 277 g/mol. The molecule has 0 saturated heterocycles. The highest BCUT2D eigenvalue weighted by Gasteiger charge is 2.28. The molecule has 1 unspecified atom stereocenters. The monoisotopic (exact) mass is 291 g/mol. The van der Waals surface area contributed by atoms with Gasteiger partial charge >= 0.3 is 5.97 Å². The summed E-state index contributed by atoms with van der Waals surface area (Å²) in [7, 11) is -2.70. The van der Waals surface area contributed by atoms with Crippen LogP contribution >= 0.6 is 0 Å². The van der Waals surface area contributed by atoms with Crippen LogP contribution in [-0.4, -0.2) is 39.4 Å². The van der Waals surface area contributed by atoms with Gasteiger partial charge in [0, 0.05) is 18.4 Å². The molecular formula is C11H14FNO5S. The van der Waals surface area contributed by atoms with Crippen LogP contribution in [0, 0.1) is 5.82 Å². The Balaban J connectivity index is 3.60. The molecule has 19 heavy (non-hydrogen) atoms. The molecule has 0 aliphatic carbocycles. The number of halogens is 1. The van der Waals surface area contributed by atoms with Gasteiger partial charge in [-0.2, -0.15) is 0 Å². The number of methoxy groups -OCH3 is 1. The van der Waals surface area contributed by atoms with Crippen LogP contribution < -0.4 is 10.5 Å². The maximum Gasteiger partial charge on any atom is 0.312 e. The lowest BCUT2D eigenvalue weighted by molar-refractivity contribution is -0.138. The number of carbonyl (C=O) groups is 1. The normalized spacial score (nSPS) is 13.1. The fraction of sp³-hybridized carbons (Fsp3) is 0.364. The zero-order valence-electron chi connectivity index (χ0n) is 10.4. The minimum atomic E-state index is -3.90. The standard InChI is InChI=1S/C11H14FNO5S/c1-18-8-4-3-6(7(5-13)11(14)15)9(12)10(8)19(2,16)17/h3-4,7H,5,13H2,1-2H3,(H,14,15). The second kappa shape index (κ2) is 5.54. The maximum absolute atomic E-state index is 14.2. The van der Waals surface area contributed by atoms with E-state index in [0.29, 0.717) is 0 Å². The van der Waals surface area contributed by atoms with Crippen molar-refractivity contribution in [3.05, 3.63) is 23.5 Å². The van der Waals surface area contributed by atoms with E-state index in [4.69, 9.17) is 15.6 Å². The highest BCUT2D eigenvalue weighted by molar-refractivity contribution is 7.90. The summed E-state index contributed by atoms with van der Waals surface area (Å²) in [6.45, 7) is -0.345. The number of hydrogen-bond acceptors (Lipinski definition) is 5. The van der Waals surface area contributed by atoms with E-state index in [1.54, 1.807) is 0 Å². The fourth-order valence-corrected chi connectivity index (χ4v) is 2.65. The molecule has 0 radical (unpaired) electrons. The van der Waals surface area contributed by atoms with E-state index in [1.807, 2.05) is 0 Å². The molecule has 3 N–H and O–H groups in total. The van der Waals surface area contributed by atoms with Crippen molar-refractivity contribution in [2.75, 3.05) is 19.9 Å². The lowest BCUT2D eigenvalue weighted by Gasteiger charge is -2.15. The van der Waals surface area contributed by atoms with E-state index < -0.39 is 32.4 Å². The van der Waals surface area contributed by atoms with Crippen LogP contribution in [0.15, 0.2) is 17.0 Å². The maximum atomic E-state index is 14.2. The predicted octanol–water partition coefficient (Wildman–Crippen LogP) is 0.365. The molecule has 0 amide bonds. The third-order valence-electron chi connectivity index (χ3n) is 2.59. The first kappa shape index (κ1) is 15.4. The van der Waals surface area contributed by atoms with Crippen molar-refractivity contribution >= 4 is 15.8 Å². The van der Waals surface area contributed by atoms with Gasteiger partial charge in [0.05, 0.1) is 13.0 Å². The van der Waals surface area contributed by atoms with Gasteiger partial charge in [-0.25, -0.2) is 12.8 Å². The number of benzene rings is 1. The number of ether oxygens (including phenoxy) is 1. The van der Waals surface area contributed by atoms with Crippen LogP contribution in [0.4, 0.5) is 4.39 Å². The van der Waals surface area contributed by atoms with Gasteiger partial charge < -0.3 is 15.6 Å². The third kappa shape index (κ3) is 3.02. The second-order valence-corrected chi connectivity index (χ2v) is 5.85. The summed E-state index contributed by atoms with van der Waals surface area (Å²) < 4.78 is 42.2. The lowest BCUT2D eigenvalue weighted by atomic mass is 9.98. The molecule has 106 valence electrons. The number of sulfone groups is 1. The number of carboxylic acid groups (broad SMARTS) is 1. The van der Waals surface area contributed by atoms with Crippen LogP contribution in [0.1, 0.15) is 11.5 Å². The Kier molecular flexibility index (Phi) is 4.48. The average molecular weight is 291 g/mol. The van der Waals surface area contributed by atoms with Crippen molar-refractivity contribution in [3.63, 3.8) is 0 Å². The zero-order chi connectivity index (χ0) is 14.8. The van der Waals surface area contributed by atoms with Gasteiger partial charge in [-0.15, -0.1) is 0 Å². The Labute approximate surface area is 109 Å². The summed E-state index contributed by atoms with van der Waals surface area (Å²) in [5.74, 6) is -3.96. The molecule has 1 atom stereocenters. The summed E-state index contributed by atoms with van der Waals surface area (Å²) in [6, 6.07) is 2.37. The van der Waals surface area contributed by atoms with E-state index in [9.17, 15) is 17.6 Å². The van der Waals surface area contributed by atoms with Crippen molar-refractivity contribution in [3.8, 4) is 5.75 Å². The highest BCUT2D eigenvalue weighted by Crippen LogP contribution is 2.32. The fourth-order valence-electron chi connectivity index (χ4n) is 1.69. The molecule has 0 aliphatic rings. The Hall–Kier alpha value is -1.67. The molecule has 0 bridgehead atoms. The third-order valence-corrected chi connectivity index (χ3v) is 3.71. The van der Waals surface area contributed by atoms with Gasteiger partial charge in [0.2, 0.25) is 0 Å². The van der Waals surface area contributed by atoms with Gasteiger partial charge in [-0.1, -0.05) is 6.07 Å². The molecule has 1 aromatic rings. The number of nitrogens with two attached hydrogens (primary N) is 1. The molecule has 0 saturated carbocycles. The van der Waals surface area contributed by atoms with E-state index in [2.05, 4.69) is 0 Å². The number of rotatable bonds is 5. The summed E-state index contributed by atoms with van der Waals surface area (Å²) in [4.78, 5) is 10.3. The minimum Gasteiger partial charge on any atom is -0.495 e. The summed E-state index contributed by atoms with van der Waals surface area (Å²) >= 11 is 0. The Morgan fingerprint density at radius 1 is 1.53 bits per heavy atom. The molecule has 8 heteroatoms. The van der Waals surface area contributed by atoms with Crippen molar-refractivity contribution in [1.29, 1.82) is 0 Å². The molecule has 0 heterocycles. The van der Waals surface area contributed by atoms with Gasteiger partial charge in [0.25, 0.3) is 0 Å². The molecule has 0 aliphatic heterocycles. The van der Waals surface area contributed by atoms with E-state index >= 15 is 0 Å². The van der Waals surface area contributed by atoms with E-state index in [1.165, 1.54) is 13.2 Å². The van der Waals surface area contributed by atoms with Crippen molar-refractivity contribution in [1.82, 2.24) is 0 Å². The lowest BCUT2D eigenvalue weighted by Crippen LogP contribution is -2.23. The van der Waals surface area contributed by atoms with Crippen LogP contribution in [-0.2, 0) is 14.6 Å². The quantitative estimate of drug-likeness (QED) is 0.811. The minimum absolute atomic E-state index is 0.176. The predicted molar refractivity (Wildman–Crippen MR) is 65.5 cm³/mol. The van der Waals surface area contributed by atoms with Gasteiger partial charge in [-0.05, 0) is 6.07 Å². The molecule has 1 aromatic carbocycles. The molecule has 0 spiro atoms. The van der Waals surface area contributed by atoms with Crippen molar-refractivity contribution in [2.45, 2.75) is 10.8 Å². The smallest absolute Gasteiger partial charge is 0.312 e.